The van der Waals surface area contributed by atoms with E-state index in [1.807, 2.05) is 36.4 Å². The second kappa shape index (κ2) is 14.5. The molecule has 3 fully saturated rings. The third-order valence-electron chi connectivity index (χ3n) is 6.66. The number of benzene rings is 2. The van der Waals surface area contributed by atoms with Crippen LogP contribution < -0.4 is 9.05 Å². The summed E-state index contributed by atoms with van der Waals surface area (Å²) in [5.74, 6) is 5.92. The van der Waals surface area contributed by atoms with Gasteiger partial charge < -0.3 is 0 Å². The molecule has 3 saturated carbocycles. The van der Waals surface area contributed by atoms with Crippen molar-refractivity contribution < 1.29 is 27.2 Å². The number of para-hydroxylation sites is 2. The van der Waals surface area contributed by atoms with Gasteiger partial charge in [0.25, 0.3) is 0 Å². The second-order valence-electron chi connectivity index (χ2n) is 8.68. The summed E-state index contributed by atoms with van der Waals surface area (Å²) < 4.78 is 41.2. The maximum Gasteiger partial charge on any atom is 0.750 e. The van der Waals surface area contributed by atoms with E-state index in [2.05, 4.69) is 0 Å². The summed E-state index contributed by atoms with van der Waals surface area (Å²) in [6.45, 7) is 4.31. The fraction of sp³-hybridized carbons (Fsp3) is 0.538. The van der Waals surface area contributed by atoms with E-state index in [9.17, 15) is 9.13 Å². The molecule has 6 unspecified atom stereocenters. The Hall–Kier alpha value is -1.84. The van der Waals surface area contributed by atoms with Crippen LogP contribution in [0.5, 0.6) is 11.5 Å². The fourth-order valence-electron chi connectivity index (χ4n) is 5.42. The average molecular weight is 507 g/mol. The molecule has 0 N–H and O–H groups in total. The van der Waals surface area contributed by atoms with E-state index in [1.165, 1.54) is 23.7 Å². The Bertz CT molecular complexity index is 808. The molecule has 0 amide bonds. The van der Waals surface area contributed by atoms with Crippen molar-refractivity contribution in [3.63, 3.8) is 0 Å². The molecular weight excluding hydrogens is 470 g/mol. The van der Waals surface area contributed by atoms with Gasteiger partial charge in [0.15, 0.2) is 11.5 Å². The molecule has 0 radical (unpaired) electrons. The topological polar surface area (TPSA) is 71.1 Å². The van der Waals surface area contributed by atoms with Crippen molar-refractivity contribution in [1.82, 2.24) is 0 Å². The van der Waals surface area contributed by atoms with E-state index in [0.29, 0.717) is 24.7 Å². The maximum absolute atomic E-state index is 10.9. The average Bonchev–Trinajstić information content (AvgIpc) is 3.57. The van der Waals surface area contributed by atoms with Crippen molar-refractivity contribution in [3.8, 4) is 11.5 Å². The van der Waals surface area contributed by atoms with Crippen LogP contribution in [0.2, 0.25) is 0 Å². The molecule has 6 nitrogen and oxygen atoms in total. The van der Waals surface area contributed by atoms with Crippen LogP contribution in [0.15, 0.2) is 60.7 Å². The van der Waals surface area contributed by atoms with Gasteiger partial charge in [-0.05, 0) is 93.9 Å². The third kappa shape index (κ3) is 8.43. The van der Waals surface area contributed by atoms with Crippen molar-refractivity contribution in [2.24, 2.45) is 23.7 Å². The van der Waals surface area contributed by atoms with Crippen molar-refractivity contribution >= 4 is 16.5 Å². The molecule has 2 aromatic rings. The Balaban J connectivity index is 0.000000143. The van der Waals surface area contributed by atoms with Gasteiger partial charge in [-0.3, -0.25) is 0 Å². The highest BCUT2D eigenvalue weighted by Crippen LogP contribution is 2.58. The normalized spacial score (nSPS) is 24.6. The summed E-state index contributed by atoms with van der Waals surface area (Å²) in [4.78, 5) is 0. The summed E-state index contributed by atoms with van der Waals surface area (Å²) in [5.41, 5.74) is 0. The van der Waals surface area contributed by atoms with Crippen LogP contribution in [0.3, 0.4) is 0 Å². The van der Waals surface area contributed by atoms with Crippen LogP contribution >= 0.6 is 16.5 Å². The number of rotatable bonds is 8. The lowest BCUT2D eigenvalue weighted by Crippen LogP contribution is -2.15. The molecule has 0 spiro atoms. The van der Waals surface area contributed by atoms with Crippen LogP contribution in [-0.2, 0) is 18.2 Å². The minimum Gasteiger partial charge on any atom is -0.229 e. The Kier molecular flexibility index (Phi) is 11.4. The van der Waals surface area contributed by atoms with Crippen molar-refractivity contribution in [2.45, 2.75) is 52.4 Å². The molecule has 184 valence electrons. The molecule has 5 rings (SSSR count). The molecule has 0 aromatic heterocycles. The molecular formula is C26H36O6P2+2. The van der Waals surface area contributed by atoms with Gasteiger partial charge in [-0.2, -0.15) is 0 Å². The zero-order valence-electron chi connectivity index (χ0n) is 20.1. The second-order valence-corrected chi connectivity index (χ2v) is 10.5. The lowest BCUT2D eigenvalue weighted by atomic mass is 9.82. The SMILES string of the molecule is C1CC2C3CCC(C3)C2C1.CCO[P+](=O)Oc1ccccc1.CCO[P+](=O)Oc1ccccc1. The van der Waals surface area contributed by atoms with Crippen molar-refractivity contribution in [1.29, 1.82) is 0 Å². The van der Waals surface area contributed by atoms with Gasteiger partial charge in [-0.1, -0.05) is 42.8 Å². The molecule has 2 bridgehead atoms. The van der Waals surface area contributed by atoms with Crippen LogP contribution in [0, 0.1) is 23.7 Å². The van der Waals surface area contributed by atoms with Gasteiger partial charge >= 0.3 is 16.5 Å². The highest BCUT2D eigenvalue weighted by atomic mass is 31.1. The molecule has 8 heteroatoms. The first-order valence-electron chi connectivity index (χ1n) is 12.3. The third-order valence-corrected chi connectivity index (χ3v) is 8.32. The first-order valence-corrected chi connectivity index (χ1v) is 14.5. The van der Waals surface area contributed by atoms with Gasteiger partial charge in [0.05, 0.1) is 0 Å². The minimum absolute atomic E-state index is 0.391. The summed E-state index contributed by atoms with van der Waals surface area (Å²) in [6, 6.07) is 17.9. The highest BCUT2D eigenvalue weighted by molar-refractivity contribution is 7.34. The van der Waals surface area contributed by atoms with Gasteiger partial charge in [-0.15, -0.1) is 9.05 Å². The Morgan fingerprint density at radius 1 is 0.676 bits per heavy atom. The summed E-state index contributed by atoms with van der Waals surface area (Å²) in [6.07, 6.45) is 9.53. The van der Waals surface area contributed by atoms with Gasteiger partial charge in [-0.25, -0.2) is 9.05 Å². The smallest absolute Gasteiger partial charge is 0.229 e. The van der Waals surface area contributed by atoms with Crippen LogP contribution in [0.1, 0.15) is 52.4 Å². The lowest BCUT2D eigenvalue weighted by molar-refractivity contribution is 0.259. The Morgan fingerprint density at radius 3 is 1.47 bits per heavy atom. The molecule has 34 heavy (non-hydrogen) atoms. The Morgan fingerprint density at radius 2 is 1.09 bits per heavy atom. The molecule has 0 heterocycles. The lowest BCUT2D eigenvalue weighted by Gasteiger charge is -2.23. The van der Waals surface area contributed by atoms with Crippen LogP contribution in [0.25, 0.3) is 0 Å². The monoisotopic (exact) mass is 506 g/mol. The predicted octanol–water partition coefficient (Wildman–Crippen LogP) is 8.35. The number of hydrogen-bond acceptors (Lipinski definition) is 6. The van der Waals surface area contributed by atoms with Crippen LogP contribution in [0.4, 0.5) is 0 Å². The van der Waals surface area contributed by atoms with E-state index in [1.54, 1.807) is 76.6 Å². The quantitative estimate of drug-likeness (QED) is 0.335. The summed E-state index contributed by atoms with van der Waals surface area (Å²) in [7, 11) is -4.01. The first-order chi connectivity index (χ1) is 16.6. The van der Waals surface area contributed by atoms with E-state index in [0.717, 1.165) is 0 Å². The van der Waals surface area contributed by atoms with Gasteiger partial charge in [0.1, 0.15) is 13.2 Å². The number of fused-ring (bicyclic) bond motifs is 5. The zero-order chi connectivity index (χ0) is 24.2. The molecule has 2 aromatic carbocycles. The highest BCUT2D eigenvalue weighted by Gasteiger charge is 2.48. The van der Waals surface area contributed by atoms with E-state index in [-0.39, 0.29) is 0 Å². The van der Waals surface area contributed by atoms with Gasteiger partial charge in [0.2, 0.25) is 0 Å². The number of hydrogen-bond donors (Lipinski definition) is 0. The zero-order valence-corrected chi connectivity index (χ0v) is 21.9. The Labute approximate surface area is 205 Å². The largest absolute Gasteiger partial charge is 0.750 e. The van der Waals surface area contributed by atoms with Crippen molar-refractivity contribution in [3.05, 3.63) is 60.7 Å². The summed E-state index contributed by atoms with van der Waals surface area (Å²) in [5, 5.41) is 0. The molecule has 6 atom stereocenters. The first kappa shape index (κ1) is 26.8. The maximum atomic E-state index is 10.9. The van der Waals surface area contributed by atoms with E-state index < -0.39 is 16.5 Å². The fourth-order valence-corrected chi connectivity index (χ4v) is 6.53. The summed E-state index contributed by atoms with van der Waals surface area (Å²) >= 11 is 0. The standard InChI is InChI=1S/C10H16.2C8H10O3P/c1-2-9-7-4-5-8(6-7)10(9)3-1;2*1-2-10-12(9)11-8-6-4-3-5-7-8/h7-10H,1-6H2;2*3-7H,2H2,1H3/q;2*+1. The van der Waals surface area contributed by atoms with E-state index in [4.69, 9.17) is 18.1 Å². The molecule has 3 aliphatic carbocycles. The molecule has 3 aliphatic rings. The van der Waals surface area contributed by atoms with Crippen LogP contribution in [-0.4, -0.2) is 13.2 Å². The van der Waals surface area contributed by atoms with Gasteiger partial charge in [0, 0.05) is 9.13 Å². The molecule has 0 aliphatic heterocycles. The van der Waals surface area contributed by atoms with Crippen molar-refractivity contribution in [2.75, 3.05) is 13.2 Å². The predicted molar refractivity (Wildman–Crippen MR) is 134 cm³/mol. The molecule has 0 saturated heterocycles. The minimum atomic E-state index is -2.01. The van der Waals surface area contributed by atoms with E-state index >= 15 is 0 Å².